The SMILES string of the molecule is Cc1ccc(NC(=O)N2CCC(c3nc4c(cnn4C(C)C)[nH]3)CC2)cc1. The van der Waals surface area contributed by atoms with Crippen LogP contribution in [0.4, 0.5) is 10.5 Å². The Hall–Kier alpha value is -2.83. The third kappa shape index (κ3) is 3.54. The van der Waals surface area contributed by atoms with Crippen molar-refractivity contribution in [2.45, 2.75) is 45.6 Å². The number of imidazole rings is 1. The molecule has 0 saturated carbocycles. The van der Waals surface area contributed by atoms with Crippen LogP contribution < -0.4 is 5.32 Å². The van der Waals surface area contributed by atoms with Crippen molar-refractivity contribution < 1.29 is 4.79 Å². The maximum atomic E-state index is 12.5. The van der Waals surface area contributed by atoms with Crippen molar-refractivity contribution in [3.63, 3.8) is 0 Å². The Morgan fingerprint density at radius 2 is 1.93 bits per heavy atom. The third-order valence-corrected chi connectivity index (χ3v) is 5.22. The van der Waals surface area contributed by atoms with E-state index in [-0.39, 0.29) is 12.1 Å². The third-order valence-electron chi connectivity index (χ3n) is 5.22. The van der Waals surface area contributed by atoms with Crippen LogP contribution >= 0.6 is 0 Å². The number of piperidine rings is 1. The molecule has 3 heterocycles. The highest BCUT2D eigenvalue weighted by Crippen LogP contribution is 2.28. The number of hydrogen-bond acceptors (Lipinski definition) is 3. The Kier molecular flexibility index (Phi) is 4.59. The van der Waals surface area contributed by atoms with Gasteiger partial charge in [0.2, 0.25) is 0 Å². The van der Waals surface area contributed by atoms with Gasteiger partial charge in [0.15, 0.2) is 5.65 Å². The van der Waals surface area contributed by atoms with Crippen LogP contribution in [-0.2, 0) is 0 Å². The highest BCUT2D eigenvalue weighted by Gasteiger charge is 2.26. The van der Waals surface area contributed by atoms with Crippen LogP contribution in [0.1, 0.15) is 50.0 Å². The molecule has 0 spiro atoms. The summed E-state index contributed by atoms with van der Waals surface area (Å²) in [7, 11) is 0. The average molecular weight is 366 g/mol. The fraction of sp³-hybridized carbons (Fsp3) is 0.450. The normalized spacial score (nSPS) is 15.6. The van der Waals surface area contributed by atoms with Gasteiger partial charge in [-0.1, -0.05) is 17.7 Å². The van der Waals surface area contributed by atoms with Gasteiger partial charge in [0.1, 0.15) is 11.3 Å². The highest BCUT2D eigenvalue weighted by molar-refractivity contribution is 5.89. The summed E-state index contributed by atoms with van der Waals surface area (Å²) in [6.07, 6.45) is 3.66. The first-order chi connectivity index (χ1) is 13.0. The number of aromatic nitrogens is 4. The second-order valence-corrected chi connectivity index (χ2v) is 7.60. The molecule has 2 amide bonds. The molecule has 1 aliphatic rings. The molecule has 142 valence electrons. The number of nitrogens with zero attached hydrogens (tertiary/aromatic N) is 4. The second-order valence-electron chi connectivity index (χ2n) is 7.60. The number of likely N-dealkylation sites (tertiary alicyclic amines) is 1. The lowest BCUT2D eigenvalue weighted by molar-refractivity contribution is 0.193. The number of anilines is 1. The largest absolute Gasteiger partial charge is 0.339 e. The van der Waals surface area contributed by atoms with Crippen LogP contribution in [0.3, 0.4) is 0 Å². The van der Waals surface area contributed by atoms with E-state index in [9.17, 15) is 4.79 Å². The number of urea groups is 1. The zero-order valence-electron chi connectivity index (χ0n) is 16.1. The summed E-state index contributed by atoms with van der Waals surface area (Å²) in [5.41, 5.74) is 3.92. The lowest BCUT2D eigenvalue weighted by Gasteiger charge is -2.31. The predicted molar refractivity (Wildman–Crippen MR) is 106 cm³/mol. The van der Waals surface area contributed by atoms with Crippen molar-refractivity contribution in [1.82, 2.24) is 24.6 Å². The standard InChI is InChI=1S/C20H26N6O/c1-13(2)26-19-17(12-21-26)23-18(24-19)15-8-10-25(11-9-15)20(27)22-16-6-4-14(3)5-7-16/h4-7,12-13,15H,8-11H2,1-3H3,(H,22,27)(H,23,24). The van der Waals surface area contributed by atoms with Crippen LogP contribution in [-0.4, -0.2) is 43.8 Å². The summed E-state index contributed by atoms with van der Waals surface area (Å²) in [5, 5.41) is 7.37. The summed E-state index contributed by atoms with van der Waals surface area (Å²) < 4.78 is 1.94. The summed E-state index contributed by atoms with van der Waals surface area (Å²) in [5.74, 6) is 1.36. The van der Waals surface area contributed by atoms with Gasteiger partial charge in [-0.05, 0) is 45.7 Å². The molecule has 1 aromatic carbocycles. The van der Waals surface area contributed by atoms with Gasteiger partial charge in [0.25, 0.3) is 0 Å². The number of fused-ring (bicyclic) bond motifs is 1. The van der Waals surface area contributed by atoms with Crippen molar-refractivity contribution in [2.24, 2.45) is 0 Å². The van der Waals surface area contributed by atoms with Crippen molar-refractivity contribution in [3.8, 4) is 0 Å². The van der Waals surface area contributed by atoms with Gasteiger partial charge in [0, 0.05) is 30.7 Å². The van der Waals surface area contributed by atoms with E-state index in [2.05, 4.69) is 29.2 Å². The molecule has 2 N–H and O–H groups in total. The number of benzene rings is 1. The minimum atomic E-state index is -0.0302. The molecule has 0 unspecified atom stereocenters. The van der Waals surface area contributed by atoms with Crippen LogP contribution in [0.15, 0.2) is 30.5 Å². The molecule has 7 heteroatoms. The van der Waals surface area contributed by atoms with Crippen molar-refractivity contribution >= 4 is 22.9 Å². The molecule has 1 saturated heterocycles. The molecule has 7 nitrogen and oxygen atoms in total. The Morgan fingerprint density at radius 1 is 1.22 bits per heavy atom. The maximum absolute atomic E-state index is 12.5. The molecular formula is C20H26N6O. The van der Waals surface area contributed by atoms with Gasteiger partial charge in [0.05, 0.1) is 6.20 Å². The van der Waals surface area contributed by atoms with E-state index in [1.165, 1.54) is 5.56 Å². The molecule has 0 bridgehead atoms. The average Bonchev–Trinajstić information content (AvgIpc) is 3.24. The Bertz CT molecular complexity index is 931. The first-order valence-electron chi connectivity index (χ1n) is 9.57. The van der Waals surface area contributed by atoms with Gasteiger partial charge < -0.3 is 15.2 Å². The van der Waals surface area contributed by atoms with E-state index in [0.717, 1.165) is 48.6 Å². The number of amides is 2. The number of carbonyl (C=O) groups excluding carboxylic acids is 1. The first kappa shape index (κ1) is 17.6. The van der Waals surface area contributed by atoms with Gasteiger partial charge in [-0.25, -0.2) is 14.5 Å². The summed E-state index contributed by atoms with van der Waals surface area (Å²) in [6, 6.07) is 8.13. The number of aromatic amines is 1. The molecule has 27 heavy (non-hydrogen) atoms. The number of rotatable bonds is 3. The zero-order valence-corrected chi connectivity index (χ0v) is 16.1. The molecule has 1 fully saturated rings. The van der Waals surface area contributed by atoms with Crippen LogP contribution in [0.5, 0.6) is 0 Å². The Morgan fingerprint density at radius 3 is 2.59 bits per heavy atom. The minimum Gasteiger partial charge on any atom is -0.339 e. The molecular weight excluding hydrogens is 340 g/mol. The predicted octanol–water partition coefficient (Wildman–Crippen LogP) is 4.06. The fourth-order valence-electron chi connectivity index (χ4n) is 3.60. The Balaban J connectivity index is 1.38. The molecule has 1 aliphatic heterocycles. The second kappa shape index (κ2) is 7.06. The maximum Gasteiger partial charge on any atom is 0.321 e. The monoisotopic (exact) mass is 366 g/mol. The molecule has 4 rings (SSSR count). The van der Waals surface area contributed by atoms with Crippen LogP contribution in [0, 0.1) is 6.92 Å². The number of nitrogens with one attached hydrogen (secondary N) is 2. The number of H-pyrrole nitrogens is 1. The van der Waals surface area contributed by atoms with E-state index in [1.807, 2.05) is 47.0 Å². The molecule has 3 aromatic rings. The van der Waals surface area contributed by atoms with Gasteiger partial charge >= 0.3 is 6.03 Å². The van der Waals surface area contributed by atoms with Gasteiger partial charge in [-0.3, -0.25) is 0 Å². The quantitative estimate of drug-likeness (QED) is 0.734. The lowest BCUT2D eigenvalue weighted by atomic mass is 9.96. The van der Waals surface area contributed by atoms with Crippen molar-refractivity contribution in [2.75, 3.05) is 18.4 Å². The minimum absolute atomic E-state index is 0.0302. The first-order valence-corrected chi connectivity index (χ1v) is 9.57. The van der Waals surface area contributed by atoms with E-state index >= 15 is 0 Å². The lowest BCUT2D eigenvalue weighted by Crippen LogP contribution is -2.40. The van der Waals surface area contributed by atoms with E-state index < -0.39 is 0 Å². The van der Waals surface area contributed by atoms with Gasteiger partial charge in [-0.15, -0.1) is 0 Å². The van der Waals surface area contributed by atoms with E-state index in [4.69, 9.17) is 4.98 Å². The summed E-state index contributed by atoms with van der Waals surface area (Å²) >= 11 is 0. The van der Waals surface area contributed by atoms with Crippen molar-refractivity contribution in [1.29, 1.82) is 0 Å². The fourth-order valence-corrected chi connectivity index (χ4v) is 3.60. The number of aryl methyl sites for hydroxylation is 1. The van der Waals surface area contributed by atoms with E-state index in [1.54, 1.807) is 0 Å². The van der Waals surface area contributed by atoms with Gasteiger partial charge in [-0.2, -0.15) is 5.10 Å². The zero-order chi connectivity index (χ0) is 19.0. The van der Waals surface area contributed by atoms with E-state index in [0.29, 0.717) is 5.92 Å². The van der Waals surface area contributed by atoms with Crippen molar-refractivity contribution in [3.05, 3.63) is 41.9 Å². The molecule has 0 radical (unpaired) electrons. The van der Waals surface area contributed by atoms with Crippen LogP contribution in [0.25, 0.3) is 11.2 Å². The molecule has 0 atom stereocenters. The Labute approximate surface area is 158 Å². The smallest absolute Gasteiger partial charge is 0.321 e. The molecule has 0 aliphatic carbocycles. The summed E-state index contributed by atoms with van der Waals surface area (Å²) in [4.78, 5) is 22.6. The van der Waals surface area contributed by atoms with Crippen LogP contribution in [0.2, 0.25) is 0 Å². The topological polar surface area (TPSA) is 78.8 Å². The highest BCUT2D eigenvalue weighted by atomic mass is 16.2. The molecule has 2 aromatic heterocycles. The number of carbonyl (C=O) groups is 1. The number of hydrogen-bond donors (Lipinski definition) is 2. The summed E-state index contributed by atoms with van der Waals surface area (Å²) in [6.45, 7) is 7.70.